The van der Waals surface area contributed by atoms with Crippen molar-refractivity contribution in [2.24, 2.45) is 10.8 Å². The van der Waals surface area contributed by atoms with Crippen LogP contribution in [-0.2, 0) is 28.9 Å². The van der Waals surface area contributed by atoms with Gasteiger partial charge in [0.25, 0.3) is 5.91 Å². The molecule has 0 saturated carbocycles. The van der Waals surface area contributed by atoms with E-state index in [2.05, 4.69) is 10.3 Å². The van der Waals surface area contributed by atoms with Crippen LogP contribution in [0, 0.1) is 10.8 Å². The van der Waals surface area contributed by atoms with Crippen LogP contribution in [0.4, 0.5) is 0 Å². The summed E-state index contributed by atoms with van der Waals surface area (Å²) >= 11 is 0. The van der Waals surface area contributed by atoms with Gasteiger partial charge in [-0.15, -0.1) is 0 Å². The second kappa shape index (κ2) is 8.45. The fraction of sp³-hybridized carbons (Fsp3) is 0.636. The van der Waals surface area contributed by atoms with Crippen molar-refractivity contribution in [2.75, 3.05) is 26.4 Å². The van der Waals surface area contributed by atoms with E-state index in [1.807, 2.05) is 20.8 Å². The third kappa shape index (κ3) is 4.51. The lowest BCUT2D eigenvalue weighted by atomic mass is 9.74. The highest BCUT2D eigenvalue weighted by Crippen LogP contribution is 2.38. The first kappa shape index (κ1) is 21.5. The monoisotopic (exact) mass is 430 g/mol. The molecule has 31 heavy (non-hydrogen) atoms. The van der Waals surface area contributed by atoms with E-state index in [1.165, 1.54) is 12.7 Å². The molecule has 4 rings (SSSR count). The maximum Gasteiger partial charge on any atom is 0.360 e. The summed E-state index contributed by atoms with van der Waals surface area (Å²) in [4.78, 5) is 28.9. The van der Waals surface area contributed by atoms with Crippen LogP contribution >= 0.6 is 0 Å². The fourth-order valence-electron chi connectivity index (χ4n) is 4.46. The molecule has 2 aliphatic heterocycles. The maximum absolute atomic E-state index is 12.9. The van der Waals surface area contributed by atoms with Gasteiger partial charge in [0.1, 0.15) is 12.0 Å². The zero-order valence-corrected chi connectivity index (χ0v) is 18.4. The van der Waals surface area contributed by atoms with Gasteiger partial charge in [0.15, 0.2) is 12.1 Å². The number of esters is 1. The Morgan fingerprint density at radius 2 is 2.13 bits per heavy atom. The van der Waals surface area contributed by atoms with Crippen LogP contribution in [0.2, 0.25) is 0 Å². The number of nitrogens with one attached hydrogen (secondary N) is 1. The third-order valence-corrected chi connectivity index (χ3v) is 6.26. The molecular weight excluding hydrogens is 400 g/mol. The van der Waals surface area contributed by atoms with Crippen molar-refractivity contribution in [1.29, 1.82) is 0 Å². The highest BCUT2D eigenvalue weighted by atomic mass is 16.5. The molecule has 0 aromatic carbocycles. The lowest BCUT2D eigenvalue weighted by Crippen LogP contribution is -2.40. The normalized spacial score (nSPS) is 18.4. The predicted octanol–water partition coefficient (Wildman–Crippen LogP) is 2.40. The van der Waals surface area contributed by atoms with Crippen molar-refractivity contribution in [2.45, 2.75) is 53.0 Å². The smallest absolute Gasteiger partial charge is 0.360 e. The molecule has 9 nitrogen and oxygen atoms in total. The Kier molecular flexibility index (Phi) is 5.88. The van der Waals surface area contributed by atoms with Gasteiger partial charge in [-0.1, -0.05) is 13.8 Å². The minimum atomic E-state index is -0.514. The number of nitrogens with zero attached hydrogens (tertiary/aromatic N) is 3. The number of hydrogen-bond donors (Lipinski definition) is 1. The summed E-state index contributed by atoms with van der Waals surface area (Å²) in [5.74, 6) is -0.575. The van der Waals surface area contributed by atoms with Crippen LogP contribution in [0.5, 0.6) is 0 Å². The number of aromatic nitrogens is 3. The highest BCUT2D eigenvalue weighted by Gasteiger charge is 2.40. The number of oxazole rings is 1. The maximum atomic E-state index is 12.9. The molecule has 2 aliphatic rings. The number of aryl methyl sites for hydroxylation is 1. The number of ether oxygens (including phenoxy) is 2. The summed E-state index contributed by atoms with van der Waals surface area (Å²) in [6, 6.07) is 0. The molecule has 0 unspecified atom stereocenters. The SMILES string of the molecule is CCn1nc(CC(C)(C)COC(=O)c2cocn2)c2c1C(=O)NCC1(CCOCC1)C2. The molecule has 2 aromatic heterocycles. The summed E-state index contributed by atoms with van der Waals surface area (Å²) in [5.41, 5.74) is 2.37. The Bertz CT molecular complexity index is 942. The quantitative estimate of drug-likeness (QED) is 0.701. The van der Waals surface area contributed by atoms with Crippen molar-refractivity contribution >= 4 is 11.9 Å². The number of fused-ring (bicyclic) bond motifs is 1. The molecule has 2 aromatic rings. The average molecular weight is 431 g/mol. The van der Waals surface area contributed by atoms with E-state index < -0.39 is 5.97 Å². The zero-order chi connectivity index (χ0) is 22.1. The van der Waals surface area contributed by atoms with E-state index in [4.69, 9.17) is 19.0 Å². The first-order valence-corrected chi connectivity index (χ1v) is 10.8. The van der Waals surface area contributed by atoms with E-state index in [1.54, 1.807) is 4.68 Å². The molecular formula is C22H30N4O5. The number of carbonyl (C=O) groups excluding carboxylic acids is 2. The molecule has 168 valence electrons. The molecule has 0 aliphatic carbocycles. The molecule has 1 spiro atoms. The van der Waals surface area contributed by atoms with Crippen LogP contribution in [-0.4, -0.2) is 53.0 Å². The van der Waals surface area contributed by atoms with Gasteiger partial charge in [-0.2, -0.15) is 5.10 Å². The summed E-state index contributed by atoms with van der Waals surface area (Å²) < 4.78 is 17.7. The van der Waals surface area contributed by atoms with Gasteiger partial charge < -0.3 is 19.2 Å². The summed E-state index contributed by atoms with van der Waals surface area (Å²) in [6.45, 7) is 8.96. The largest absolute Gasteiger partial charge is 0.460 e. The van der Waals surface area contributed by atoms with Crippen molar-refractivity contribution in [3.8, 4) is 0 Å². The molecule has 1 fully saturated rings. The van der Waals surface area contributed by atoms with Gasteiger partial charge in [0, 0.05) is 43.7 Å². The van der Waals surface area contributed by atoms with Crippen LogP contribution in [0.1, 0.15) is 65.8 Å². The lowest BCUT2D eigenvalue weighted by molar-refractivity contribution is 0.0159. The minimum absolute atomic E-state index is 0.000917. The zero-order valence-electron chi connectivity index (χ0n) is 18.4. The first-order valence-electron chi connectivity index (χ1n) is 10.8. The number of carbonyl (C=O) groups is 2. The Balaban J connectivity index is 1.57. The van der Waals surface area contributed by atoms with Gasteiger partial charge in [-0.25, -0.2) is 9.78 Å². The Morgan fingerprint density at radius 1 is 1.35 bits per heavy atom. The van der Waals surface area contributed by atoms with E-state index in [0.29, 0.717) is 38.4 Å². The Hall–Kier alpha value is -2.68. The first-order chi connectivity index (χ1) is 14.8. The highest BCUT2D eigenvalue weighted by molar-refractivity contribution is 5.94. The number of rotatable bonds is 6. The predicted molar refractivity (Wildman–Crippen MR) is 111 cm³/mol. The van der Waals surface area contributed by atoms with E-state index >= 15 is 0 Å². The minimum Gasteiger partial charge on any atom is -0.460 e. The van der Waals surface area contributed by atoms with Gasteiger partial charge in [0.2, 0.25) is 0 Å². The fourth-order valence-corrected chi connectivity index (χ4v) is 4.46. The van der Waals surface area contributed by atoms with Gasteiger partial charge in [-0.3, -0.25) is 9.48 Å². The van der Waals surface area contributed by atoms with E-state index in [0.717, 1.165) is 30.5 Å². The summed E-state index contributed by atoms with van der Waals surface area (Å²) in [6.07, 6.45) is 5.70. The van der Waals surface area contributed by atoms with Crippen LogP contribution in [0.25, 0.3) is 0 Å². The van der Waals surface area contributed by atoms with E-state index in [-0.39, 0.29) is 29.0 Å². The molecule has 0 atom stereocenters. The number of hydrogen-bond acceptors (Lipinski definition) is 7. The van der Waals surface area contributed by atoms with Crippen molar-refractivity contribution < 1.29 is 23.5 Å². The van der Waals surface area contributed by atoms with Crippen molar-refractivity contribution in [3.63, 3.8) is 0 Å². The summed E-state index contributed by atoms with van der Waals surface area (Å²) in [5, 5.41) is 7.93. The van der Waals surface area contributed by atoms with Crippen molar-refractivity contribution in [1.82, 2.24) is 20.1 Å². The molecule has 1 amide bonds. The molecule has 1 N–H and O–H groups in total. The Labute approximate surface area is 181 Å². The van der Waals surface area contributed by atoms with E-state index in [9.17, 15) is 9.59 Å². The lowest BCUT2D eigenvalue weighted by Gasteiger charge is -2.36. The molecule has 0 bridgehead atoms. The molecule has 1 saturated heterocycles. The van der Waals surface area contributed by atoms with Gasteiger partial charge >= 0.3 is 5.97 Å². The third-order valence-electron chi connectivity index (χ3n) is 6.26. The standard InChI is InChI=1S/C22H30N4O5/c1-4-26-18-15(9-22(12-23-19(18)27)5-7-29-8-6-22)16(25-26)10-21(2,3)13-31-20(28)17-11-30-14-24-17/h11,14H,4-10,12-13H2,1-3H3,(H,23,27). The molecule has 9 heteroatoms. The second-order valence-corrected chi connectivity index (χ2v) is 9.35. The topological polar surface area (TPSA) is 108 Å². The van der Waals surface area contributed by atoms with Crippen LogP contribution in [0.3, 0.4) is 0 Å². The second-order valence-electron chi connectivity index (χ2n) is 9.35. The average Bonchev–Trinajstić information content (AvgIpc) is 3.37. The van der Waals surface area contributed by atoms with Crippen LogP contribution < -0.4 is 5.32 Å². The van der Waals surface area contributed by atoms with Gasteiger partial charge in [-0.05, 0) is 31.6 Å². The molecule has 4 heterocycles. The van der Waals surface area contributed by atoms with Crippen LogP contribution in [0.15, 0.2) is 17.1 Å². The Morgan fingerprint density at radius 3 is 2.81 bits per heavy atom. The van der Waals surface area contributed by atoms with Gasteiger partial charge in [0.05, 0.1) is 12.3 Å². The summed E-state index contributed by atoms with van der Waals surface area (Å²) in [7, 11) is 0. The number of amides is 1. The van der Waals surface area contributed by atoms with Crippen molar-refractivity contribution in [3.05, 3.63) is 35.3 Å². The molecule has 0 radical (unpaired) electrons.